The Bertz CT molecular complexity index is 542. The predicted molar refractivity (Wildman–Crippen MR) is 78.2 cm³/mol. The number of thiophene rings is 1. The number of amides is 1. The molecular weight excluding hydrogens is 298 g/mol. The lowest BCUT2D eigenvalue weighted by Gasteiger charge is -2.32. The molecule has 2 N–H and O–H groups in total. The van der Waals surface area contributed by atoms with Crippen LogP contribution in [0.1, 0.15) is 12.8 Å². The van der Waals surface area contributed by atoms with Crippen LogP contribution < -0.4 is 10.0 Å². The highest BCUT2D eigenvalue weighted by Crippen LogP contribution is 2.15. The van der Waals surface area contributed by atoms with E-state index in [1.807, 2.05) is 7.05 Å². The zero-order valence-corrected chi connectivity index (χ0v) is 13.0. The van der Waals surface area contributed by atoms with E-state index >= 15 is 0 Å². The minimum Gasteiger partial charge on any atom is -0.340 e. The van der Waals surface area contributed by atoms with Crippen LogP contribution in [0.4, 0.5) is 0 Å². The molecule has 1 fully saturated rings. The van der Waals surface area contributed by atoms with E-state index in [1.165, 1.54) is 6.07 Å². The van der Waals surface area contributed by atoms with Crippen molar-refractivity contribution >= 4 is 27.3 Å². The lowest BCUT2D eigenvalue weighted by molar-refractivity contribution is -0.131. The molecule has 2 heterocycles. The van der Waals surface area contributed by atoms with Gasteiger partial charge in [-0.05, 0) is 31.3 Å². The summed E-state index contributed by atoms with van der Waals surface area (Å²) in [7, 11) is -1.69. The van der Waals surface area contributed by atoms with Crippen LogP contribution in [-0.4, -0.2) is 51.9 Å². The largest absolute Gasteiger partial charge is 0.340 e. The van der Waals surface area contributed by atoms with Gasteiger partial charge in [-0.25, -0.2) is 13.1 Å². The molecular formula is C12H19N3O3S2. The third-order valence-corrected chi connectivity index (χ3v) is 6.15. The Kier molecular flexibility index (Phi) is 5.14. The van der Waals surface area contributed by atoms with E-state index in [4.69, 9.17) is 0 Å². The normalized spacial score (nSPS) is 20.1. The van der Waals surface area contributed by atoms with Gasteiger partial charge in [-0.15, -0.1) is 11.3 Å². The molecule has 6 nitrogen and oxygen atoms in total. The molecule has 0 aromatic carbocycles. The lowest BCUT2D eigenvalue weighted by Crippen LogP contribution is -2.49. The number of piperidine rings is 1. The number of likely N-dealkylation sites (tertiary alicyclic amines) is 1. The smallest absolute Gasteiger partial charge is 0.250 e. The monoisotopic (exact) mass is 317 g/mol. The molecule has 1 atom stereocenters. The second-order valence-corrected chi connectivity index (χ2v) is 7.67. The van der Waals surface area contributed by atoms with Gasteiger partial charge in [0.05, 0.1) is 6.54 Å². The average molecular weight is 317 g/mol. The second-order valence-electron chi connectivity index (χ2n) is 4.72. The first-order valence-electron chi connectivity index (χ1n) is 6.51. The van der Waals surface area contributed by atoms with Crippen LogP contribution in [0, 0.1) is 0 Å². The van der Waals surface area contributed by atoms with Crippen LogP contribution in [0.15, 0.2) is 21.7 Å². The molecule has 1 amide bonds. The zero-order chi connectivity index (χ0) is 14.6. The molecule has 1 unspecified atom stereocenters. The van der Waals surface area contributed by atoms with Crippen LogP contribution in [-0.2, 0) is 14.8 Å². The van der Waals surface area contributed by atoms with Crippen LogP contribution in [0.5, 0.6) is 0 Å². The topological polar surface area (TPSA) is 78.5 Å². The Morgan fingerprint density at radius 1 is 1.55 bits per heavy atom. The maximum Gasteiger partial charge on any atom is 0.250 e. The number of rotatable bonds is 5. The number of carbonyl (C=O) groups excluding carboxylic acids is 1. The molecule has 0 bridgehead atoms. The fraction of sp³-hybridized carbons (Fsp3) is 0.583. The van der Waals surface area contributed by atoms with Crippen molar-refractivity contribution in [2.24, 2.45) is 0 Å². The lowest BCUT2D eigenvalue weighted by atomic mass is 10.1. The number of nitrogens with zero attached hydrogens (tertiary/aromatic N) is 1. The minimum atomic E-state index is -3.56. The van der Waals surface area contributed by atoms with Crippen LogP contribution in [0.25, 0.3) is 0 Å². The Morgan fingerprint density at radius 3 is 3.00 bits per heavy atom. The second kappa shape index (κ2) is 6.66. The fourth-order valence-electron chi connectivity index (χ4n) is 2.20. The summed E-state index contributed by atoms with van der Waals surface area (Å²) in [4.78, 5) is 13.8. The molecule has 0 spiro atoms. The van der Waals surface area contributed by atoms with Crippen molar-refractivity contribution in [2.75, 3.05) is 26.7 Å². The standard InChI is InChI=1S/C12H19N3O3S2/c1-13-10-4-2-6-15(9-10)11(16)8-14-20(17,18)12-5-3-7-19-12/h3,5,7,10,13-14H,2,4,6,8-9H2,1H3. The molecule has 0 aliphatic carbocycles. The van der Waals surface area contributed by atoms with Crippen LogP contribution in [0.3, 0.4) is 0 Å². The number of carbonyl (C=O) groups is 1. The molecule has 1 aliphatic heterocycles. The van der Waals surface area contributed by atoms with E-state index < -0.39 is 10.0 Å². The Labute approximate surface area is 123 Å². The molecule has 1 aromatic heterocycles. The van der Waals surface area contributed by atoms with E-state index in [0.717, 1.165) is 24.2 Å². The number of hydrogen-bond acceptors (Lipinski definition) is 5. The van der Waals surface area contributed by atoms with Crippen LogP contribution >= 0.6 is 11.3 Å². The molecule has 1 saturated heterocycles. The van der Waals surface area contributed by atoms with Crippen molar-refractivity contribution in [1.29, 1.82) is 0 Å². The third-order valence-electron chi connectivity index (χ3n) is 3.36. The summed E-state index contributed by atoms with van der Waals surface area (Å²) in [6, 6.07) is 3.49. The predicted octanol–water partition coefficient (Wildman–Crippen LogP) is 0.237. The summed E-state index contributed by atoms with van der Waals surface area (Å²) in [6.07, 6.45) is 1.98. The highest BCUT2D eigenvalue weighted by atomic mass is 32.2. The third kappa shape index (κ3) is 3.78. The van der Waals surface area contributed by atoms with Crippen molar-refractivity contribution in [2.45, 2.75) is 23.1 Å². The maximum absolute atomic E-state index is 12.1. The summed E-state index contributed by atoms with van der Waals surface area (Å²) in [6.45, 7) is 1.14. The quantitative estimate of drug-likeness (QED) is 0.815. The van der Waals surface area contributed by atoms with Gasteiger partial charge in [-0.1, -0.05) is 6.07 Å². The van der Waals surface area contributed by atoms with Gasteiger partial charge in [0, 0.05) is 19.1 Å². The number of nitrogens with one attached hydrogen (secondary N) is 2. The van der Waals surface area contributed by atoms with Gasteiger partial charge in [0.25, 0.3) is 10.0 Å². The van der Waals surface area contributed by atoms with Gasteiger partial charge in [-0.2, -0.15) is 0 Å². The van der Waals surface area contributed by atoms with E-state index in [-0.39, 0.29) is 16.7 Å². The van der Waals surface area contributed by atoms with Crippen molar-refractivity contribution in [3.8, 4) is 0 Å². The van der Waals surface area contributed by atoms with Gasteiger partial charge < -0.3 is 10.2 Å². The van der Waals surface area contributed by atoms with Gasteiger partial charge >= 0.3 is 0 Å². The number of sulfonamides is 1. The van der Waals surface area contributed by atoms with E-state index in [0.29, 0.717) is 19.1 Å². The maximum atomic E-state index is 12.1. The Balaban J connectivity index is 1.89. The zero-order valence-electron chi connectivity index (χ0n) is 11.3. The Morgan fingerprint density at radius 2 is 2.35 bits per heavy atom. The highest BCUT2D eigenvalue weighted by Gasteiger charge is 2.24. The summed E-state index contributed by atoms with van der Waals surface area (Å²) in [5, 5.41) is 4.85. The molecule has 2 rings (SSSR count). The van der Waals surface area contributed by atoms with Crippen molar-refractivity contribution < 1.29 is 13.2 Å². The van der Waals surface area contributed by atoms with E-state index in [2.05, 4.69) is 10.0 Å². The molecule has 1 aromatic rings. The Hall–Kier alpha value is -0.960. The highest BCUT2D eigenvalue weighted by molar-refractivity contribution is 7.91. The van der Waals surface area contributed by atoms with Gasteiger partial charge in [0.15, 0.2) is 0 Å². The summed E-state index contributed by atoms with van der Waals surface area (Å²) in [5.41, 5.74) is 0. The molecule has 8 heteroatoms. The molecule has 20 heavy (non-hydrogen) atoms. The molecule has 0 saturated carbocycles. The SMILES string of the molecule is CNC1CCCN(C(=O)CNS(=O)(=O)c2cccs2)C1. The van der Waals surface area contributed by atoms with Gasteiger partial charge in [-0.3, -0.25) is 4.79 Å². The van der Waals surface area contributed by atoms with Crippen LogP contribution in [0.2, 0.25) is 0 Å². The first kappa shape index (κ1) is 15.4. The summed E-state index contributed by atoms with van der Waals surface area (Å²) in [5.74, 6) is -0.176. The summed E-state index contributed by atoms with van der Waals surface area (Å²) < 4.78 is 26.4. The van der Waals surface area contributed by atoms with Crippen molar-refractivity contribution in [1.82, 2.24) is 14.9 Å². The van der Waals surface area contributed by atoms with Crippen molar-refractivity contribution in [3.63, 3.8) is 0 Å². The molecule has 112 valence electrons. The number of likely N-dealkylation sites (N-methyl/N-ethyl adjacent to an activating group) is 1. The molecule has 1 aliphatic rings. The van der Waals surface area contributed by atoms with Gasteiger partial charge in [0.1, 0.15) is 4.21 Å². The van der Waals surface area contributed by atoms with Crippen molar-refractivity contribution in [3.05, 3.63) is 17.5 Å². The van der Waals surface area contributed by atoms with Gasteiger partial charge in [0.2, 0.25) is 5.91 Å². The first-order valence-corrected chi connectivity index (χ1v) is 8.87. The minimum absolute atomic E-state index is 0.176. The molecule has 0 radical (unpaired) electrons. The fourth-order valence-corrected chi connectivity index (χ4v) is 4.21. The van der Waals surface area contributed by atoms with E-state index in [9.17, 15) is 13.2 Å². The van der Waals surface area contributed by atoms with E-state index in [1.54, 1.807) is 16.3 Å². The summed E-state index contributed by atoms with van der Waals surface area (Å²) >= 11 is 1.14. The number of hydrogen-bond donors (Lipinski definition) is 2. The average Bonchev–Trinajstić information content (AvgIpc) is 3.00. The first-order chi connectivity index (χ1) is 9.53.